The van der Waals surface area contributed by atoms with Gasteiger partial charge in [0, 0.05) is 12.6 Å². The Kier molecular flexibility index (Phi) is 4.35. The van der Waals surface area contributed by atoms with Crippen LogP contribution in [0.2, 0.25) is 5.02 Å². The SMILES string of the molecule is CC(NS(=O)(=O)c1ccc(Cl)c(N)c1)C1CCCO1. The summed E-state index contributed by atoms with van der Waals surface area (Å²) in [5.74, 6) is 0. The van der Waals surface area contributed by atoms with Crippen molar-refractivity contribution in [2.75, 3.05) is 12.3 Å². The van der Waals surface area contributed by atoms with Crippen molar-refractivity contribution in [1.82, 2.24) is 4.72 Å². The fourth-order valence-corrected chi connectivity index (χ4v) is 3.50. The van der Waals surface area contributed by atoms with Gasteiger partial charge in [0.1, 0.15) is 0 Å². The van der Waals surface area contributed by atoms with Crippen LogP contribution < -0.4 is 10.5 Å². The van der Waals surface area contributed by atoms with Crippen LogP contribution in [0.15, 0.2) is 23.1 Å². The molecule has 0 bridgehead atoms. The predicted octanol–water partition coefficient (Wildman–Crippen LogP) is 1.77. The van der Waals surface area contributed by atoms with E-state index in [4.69, 9.17) is 22.1 Å². The molecular weight excluding hydrogens is 288 g/mol. The zero-order valence-corrected chi connectivity index (χ0v) is 12.2. The monoisotopic (exact) mass is 304 g/mol. The molecule has 1 aromatic carbocycles. The first-order valence-corrected chi connectivity index (χ1v) is 7.95. The van der Waals surface area contributed by atoms with E-state index in [1.165, 1.54) is 18.2 Å². The van der Waals surface area contributed by atoms with Gasteiger partial charge in [-0.05, 0) is 38.0 Å². The van der Waals surface area contributed by atoms with Crippen LogP contribution in [-0.2, 0) is 14.8 Å². The maximum absolute atomic E-state index is 12.2. The van der Waals surface area contributed by atoms with Crippen molar-refractivity contribution >= 4 is 27.3 Å². The third kappa shape index (κ3) is 3.39. The molecule has 1 aliphatic heterocycles. The molecular formula is C12H17ClN2O3S. The number of nitrogen functional groups attached to an aromatic ring is 1. The summed E-state index contributed by atoms with van der Waals surface area (Å²) >= 11 is 5.78. The summed E-state index contributed by atoms with van der Waals surface area (Å²) in [6.45, 7) is 2.48. The Morgan fingerprint density at radius 3 is 2.84 bits per heavy atom. The van der Waals surface area contributed by atoms with Crippen molar-refractivity contribution in [2.24, 2.45) is 0 Å². The van der Waals surface area contributed by atoms with Gasteiger partial charge in [-0.2, -0.15) is 0 Å². The largest absolute Gasteiger partial charge is 0.397 e. The summed E-state index contributed by atoms with van der Waals surface area (Å²) in [7, 11) is -3.60. The maximum atomic E-state index is 12.2. The highest BCUT2D eigenvalue weighted by atomic mass is 35.5. The van der Waals surface area contributed by atoms with Crippen molar-refractivity contribution in [3.8, 4) is 0 Å². The normalized spacial score (nSPS) is 21.5. The fraction of sp³-hybridized carbons (Fsp3) is 0.500. The zero-order chi connectivity index (χ0) is 14.0. The van der Waals surface area contributed by atoms with Gasteiger partial charge < -0.3 is 10.5 Å². The Morgan fingerprint density at radius 1 is 1.53 bits per heavy atom. The first-order valence-electron chi connectivity index (χ1n) is 6.09. The van der Waals surface area contributed by atoms with E-state index in [1.807, 2.05) is 0 Å². The lowest BCUT2D eigenvalue weighted by Crippen LogP contribution is -2.40. The molecule has 0 saturated carbocycles. The Hall–Kier alpha value is -0.820. The minimum absolute atomic E-state index is 0.0700. The van der Waals surface area contributed by atoms with Gasteiger partial charge in [-0.15, -0.1) is 0 Å². The van der Waals surface area contributed by atoms with E-state index in [1.54, 1.807) is 6.92 Å². The number of hydrogen-bond acceptors (Lipinski definition) is 4. The van der Waals surface area contributed by atoms with Gasteiger partial charge in [0.05, 0.1) is 21.7 Å². The molecule has 2 rings (SSSR count). The summed E-state index contributed by atoms with van der Waals surface area (Å²) in [4.78, 5) is 0.110. The number of hydrogen-bond donors (Lipinski definition) is 2. The number of rotatable bonds is 4. The Labute approximate surface area is 118 Å². The van der Waals surface area contributed by atoms with Crippen molar-refractivity contribution in [1.29, 1.82) is 0 Å². The summed E-state index contributed by atoms with van der Waals surface area (Å²) in [5, 5.41) is 0.339. The molecule has 0 spiro atoms. The standard InChI is InChI=1S/C12H17ClN2O3S/c1-8(12-3-2-6-18-12)15-19(16,17)9-4-5-10(13)11(14)7-9/h4-5,7-8,12,15H,2-3,6,14H2,1H3. The molecule has 1 saturated heterocycles. The third-order valence-electron chi connectivity index (χ3n) is 3.14. The minimum Gasteiger partial charge on any atom is -0.397 e. The molecule has 19 heavy (non-hydrogen) atoms. The van der Waals surface area contributed by atoms with Gasteiger partial charge in [-0.1, -0.05) is 11.6 Å². The van der Waals surface area contributed by atoms with Crippen LogP contribution in [0.3, 0.4) is 0 Å². The predicted molar refractivity (Wildman–Crippen MR) is 74.6 cm³/mol. The first kappa shape index (κ1) is 14.6. The van der Waals surface area contributed by atoms with Gasteiger partial charge in [0.2, 0.25) is 10.0 Å². The Balaban J connectivity index is 2.15. The molecule has 7 heteroatoms. The summed E-state index contributed by atoms with van der Waals surface area (Å²) in [5.41, 5.74) is 5.87. The molecule has 2 unspecified atom stereocenters. The summed E-state index contributed by atoms with van der Waals surface area (Å²) < 4.78 is 32.5. The summed E-state index contributed by atoms with van der Waals surface area (Å²) in [6, 6.07) is 3.99. The molecule has 0 amide bonds. The first-order chi connectivity index (χ1) is 8.90. The number of nitrogens with one attached hydrogen (secondary N) is 1. The van der Waals surface area contributed by atoms with Gasteiger partial charge in [0.25, 0.3) is 0 Å². The Morgan fingerprint density at radius 2 is 2.26 bits per heavy atom. The van der Waals surface area contributed by atoms with E-state index >= 15 is 0 Å². The Bertz CT molecular complexity index is 556. The van der Waals surface area contributed by atoms with Crippen LogP contribution >= 0.6 is 11.6 Å². The van der Waals surface area contributed by atoms with E-state index in [9.17, 15) is 8.42 Å². The number of nitrogens with two attached hydrogens (primary N) is 1. The second kappa shape index (κ2) is 5.66. The molecule has 0 aromatic heterocycles. The zero-order valence-electron chi connectivity index (χ0n) is 10.6. The van der Waals surface area contributed by atoms with E-state index in [0.717, 1.165) is 12.8 Å². The summed E-state index contributed by atoms with van der Waals surface area (Å²) in [6.07, 6.45) is 1.76. The fourth-order valence-electron chi connectivity index (χ4n) is 2.07. The van der Waals surface area contributed by atoms with Crippen LogP contribution in [-0.4, -0.2) is 27.2 Å². The molecule has 3 N–H and O–H groups in total. The highest BCUT2D eigenvalue weighted by molar-refractivity contribution is 7.89. The van der Waals surface area contributed by atoms with Crippen LogP contribution in [0.4, 0.5) is 5.69 Å². The van der Waals surface area contributed by atoms with Crippen molar-refractivity contribution < 1.29 is 13.2 Å². The molecule has 5 nitrogen and oxygen atoms in total. The molecule has 106 valence electrons. The maximum Gasteiger partial charge on any atom is 0.240 e. The van der Waals surface area contributed by atoms with Crippen LogP contribution in [0.5, 0.6) is 0 Å². The molecule has 1 fully saturated rings. The smallest absolute Gasteiger partial charge is 0.240 e. The van der Waals surface area contributed by atoms with Crippen molar-refractivity contribution in [3.63, 3.8) is 0 Å². The average molecular weight is 305 g/mol. The number of sulfonamides is 1. The lowest BCUT2D eigenvalue weighted by molar-refractivity contribution is 0.0902. The lowest BCUT2D eigenvalue weighted by Gasteiger charge is -2.20. The lowest BCUT2D eigenvalue weighted by atomic mass is 10.1. The van der Waals surface area contributed by atoms with Gasteiger partial charge in [-0.3, -0.25) is 0 Å². The highest BCUT2D eigenvalue weighted by Gasteiger charge is 2.27. The molecule has 2 atom stereocenters. The van der Waals surface area contributed by atoms with E-state index in [2.05, 4.69) is 4.72 Å². The van der Waals surface area contributed by atoms with Gasteiger partial charge in [-0.25, -0.2) is 13.1 Å². The number of anilines is 1. The topological polar surface area (TPSA) is 81.4 Å². The highest BCUT2D eigenvalue weighted by Crippen LogP contribution is 2.23. The van der Waals surface area contributed by atoms with Crippen molar-refractivity contribution in [3.05, 3.63) is 23.2 Å². The van der Waals surface area contributed by atoms with Gasteiger partial charge in [0.15, 0.2) is 0 Å². The van der Waals surface area contributed by atoms with E-state index in [0.29, 0.717) is 11.6 Å². The van der Waals surface area contributed by atoms with Crippen molar-refractivity contribution in [2.45, 2.75) is 36.8 Å². The molecule has 0 aliphatic carbocycles. The van der Waals surface area contributed by atoms with Gasteiger partial charge >= 0.3 is 0 Å². The molecule has 1 heterocycles. The van der Waals surface area contributed by atoms with E-state index in [-0.39, 0.29) is 22.7 Å². The number of halogens is 1. The third-order valence-corrected chi connectivity index (χ3v) is 5.04. The van der Waals surface area contributed by atoms with Crippen LogP contribution in [0.25, 0.3) is 0 Å². The molecule has 0 radical (unpaired) electrons. The minimum atomic E-state index is -3.60. The molecule has 1 aliphatic rings. The van der Waals surface area contributed by atoms with Crippen LogP contribution in [0, 0.1) is 0 Å². The number of benzene rings is 1. The second-order valence-electron chi connectivity index (χ2n) is 4.64. The quantitative estimate of drug-likeness (QED) is 0.831. The average Bonchev–Trinajstić information content (AvgIpc) is 2.85. The number of ether oxygens (including phenoxy) is 1. The molecule has 1 aromatic rings. The van der Waals surface area contributed by atoms with Crippen LogP contribution in [0.1, 0.15) is 19.8 Å². The second-order valence-corrected chi connectivity index (χ2v) is 6.77. The van der Waals surface area contributed by atoms with E-state index < -0.39 is 10.0 Å².